The van der Waals surface area contributed by atoms with Crippen LogP contribution in [-0.4, -0.2) is 25.3 Å². The SMILES string of the molecule is Cc1ccc(C2c3cccn3-c3c(c(C)nn3-c3ccccc3)CN2C(=O)Nc2cc(C)ccc2C)cc1. The maximum atomic E-state index is 14.1. The molecule has 3 aromatic carbocycles. The highest BCUT2D eigenvalue weighted by molar-refractivity contribution is 5.91. The van der Waals surface area contributed by atoms with Gasteiger partial charge in [-0.3, -0.25) is 0 Å². The zero-order valence-electron chi connectivity index (χ0n) is 22.1. The predicted molar refractivity (Wildman–Crippen MR) is 151 cm³/mol. The molecule has 1 aliphatic rings. The Morgan fingerprint density at radius 1 is 0.868 bits per heavy atom. The van der Waals surface area contributed by atoms with Gasteiger partial charge in [0.1, 0.15) is 5.82 Å². The Bertz CT molecular complexity index is 1630. The fourth-order valence-electron chi connectivity index (χ4n) is 5.31. The van der Waals surface area contributed by atoms with Gasteiger partial charge in [-0.1, -0.05) is 60.2 Å². The number of benzene rings is 3. The van der Waals surface area contributed by atoms with E-state index >= 15 is 0 Å². The van der Waals surface area contributed by atoms with Crippen molar-refractivity contribution in [1.82, 2.24) is 19.2 Å². The number of anilines is 1. The number of hydrogen-bond acceptors (Lipinski definition) is 2. The Kier molecular flexibility index (Phi) is 5.87. The van der Waals surface area contributed by atoms with Crippen molar-refractivity contribution in [2.75, 3.05) is 5.32 Å². The number of amides is 2. The second kappa shape index (κ2) is 9.38. The predicted octanol–water partition coefficient (Wildman–Crippen LogP) is 7.03. The highest BCUT2D eigenvalue weighted by Crippen LogP contribution is 2.39. The largest absolute Gasteiger partial charge is 0.322 e. The third kappa shape index (κ3) is 4.08. The highest BCUT2D eigenvalue weighted by Gasteiger charge is 2.36. The monoisotopic (exact) mass is 501 g/mol. The summed E-state index contributed by atoms with van der Waals surface area (Å²) in [6.45, 7) is 8.58. The number of aryl methyl sites for hydroxylation is 4. The molecule has 1 aliphatic heterocycles. The number of urea groups is 1. The van der Waals surface area contributed by atoms with E-state index in [0.717, 1.165) is 50.8 Å². The van der Waals surface area contributed by atoms with Crippen molar-refractivity contribution in [3.05, 3.63) is 130 Å². The standard InChI is InChI=1S/C32H31N5O/c1-21-13-16-25(17-14-21)30-29-11-8-18-35(29)31-27(24(4)34-37(31)26-9-6-5-7-10-26)20-36(30)32(38)33-28-19-22(2)12-15-23(28)3/h5-19,30H,20H2,1-4H3,(H,33,38). The van der Waals surface area contributed by atoms with Gasteiger partial charge in [0.05, 0.1) is 29.7 Å². The van der Waals surface area contributed by atoms with Crippen LogP contribution in [0.1, 0.15) is 45.2 Å². The molecule has 38 heavy (non-hydrogen) atoms. The maximum absolute atomic E-state index is 14.1. The lowest BCUT2D eigenvalue weighted by atomic mass is 10.0. The summed E-state index contributed by atoms with van der Waals surface area (Å²) in [4.78, 5) is 16.1. The lowest BCUT2D eigenvalue weighted by Gasteiger charge is -2.31. The van der Waals surface area contributed by atoms with Crippen molar-refractivity contribution >= 4 is 11.7 Å². The molecular formula is C32H31N5O. The molecule has 0 spiro atoms. The Hall–Kier alpha value is -4.58. The molecule has 0 bridgehead atoms. The van der Waals surface area contributed by atoms with E-state index in [1.807, 2.05) is 66.8 Å². The van der Waals surface area contributed by atoms with E-state index in [9.17, 15) is 4.79 Å². The Balaban J connectivity index is 1.54. The number of nitrogens with one attached hydrogen (secondary N) is 1. The molecule has 0 fully saturated rings. The molecule has 6 rings (SSSR count). The van der Waals surface area contributed by atoms with Gasteiger partial charge in [-0.2, -0.15) is 5.10 Å². The van der Waals surface area contributed by atoms with E-state index in [-0.39, 0.29) is 12.1 Å². The van der Waals surface area contributed by atoms with Crippen LogP contribution in [0.25, 0.3) is 11.5 Å². The second-order valence-electron chi connectivity index (χ2n) is 10.1. The molecule has 0 saturated carbocycles. The fraction of sp³-hybridized carbons (Fsp3) is 0.188. The first-order valence-corrected chi connectivity index (χ1v) is 12.9. The molecule has 0 radical (unpaired) electrons. The third-order valence-corrected chi connectivity index (χ3v) is 7.38. The summed E-state index contributed by atoms with van der Waals surface area (Å²) in [5.74, 6) is 0.966. The molecule has 1 N–H and O–H groups in total. The van der Waals surface area contributed by atoms with Crippen LogP contribution < -0.4 is 5.32 Å². The summed E-state index contributed by atoms with van der Waals surface area (Å²) >= 11 is 0. The van der Waals surface area contributed by atoms with Gasteiger partial charge in [-0.05, 0) is 74.7 Å². The quantitative estimate of drug-likeness (QED) is 0.288. The molecule has 6 heteroatoms. The lowest BCUT2D eigenvalue weighted by Crippen LogP contribution is -2.38. The van der Waals surface area contributed by atoms with Gasteiger partial charge < -0.3 is 14.8 Å². The van der Waals surface area contributed by atoms with Gasteiger partial charge in [-0.25, -0.2) is 9.48 Å². The first-order chi connectivity index (χ1) is 18.4. The van der Waals surface area contributed by atoms with E-state index in [1.165, 1.54) is 5.56 Å². The first-order valence-electron chi connectivity index (χ1n) is 12.9. The van der Waals surface area contributed by atoms with Crippen molar-refractivity contribution in [1.29, 1.82) is 0 Å². The summed E-state index contributed by atoms with van der Waals surface area (Å²) in [5, 5.41) is 8.15. The van der Waals surface area contributed by atoms with Gasteiger partial charge in [0.25, 0.3) is 0 Å². The van der Waals surface area contributed by atoms with E-state index in [0.29, 0.717) is 6.54 Å². The third-order valence-electron chi connectivity index (χ3n) is 7.38. The van der Waals surface area contributed by atoms with Crippen LogP contribution in [0.15, 0.2) is 91.1 Å². The van der Waals surface area contributed by atoms with E-state index in [1.54, 1.807) is 0 Å². The van der Waals surface area contributed by atoms with Crippen molar-refractivity contribution in [3.63, 3.8) is 0 Å². The zero-order chi connectivity index (χ0) is 26.4. The summed E-state index contributed by atoms with van der Waals surface area (Å²) in [7, 11) is 0. The van der Waals surface area contributed by atoms with Crippen molar-refractivity contribution in [3.8, 4) is 11.5 Å². The zero-order valence-corrected chi connectivity index (χ0v) is 22.1. The van der Waals surface area contributed by atoms with Gasteiger partial charge in [0, 0.05) is 17.4 Å². The van der Waals surface area contributed by atoms with Crippen LogP contribution >= 0.6 is 0 Å². The molecule has 1 atom stereocenters. The summed E-state index contributed by atoms with van der Waals surface area (Å²) < 4.78 is 4.19. The average Bonchev–Trinajstić information content (AvgIpc) is 3.48. The molecule has 6 nitrogen and oxygen atoms in total. The molecule has 2 aromatic heterocycles. The highest BCUT2D eigenvalue weighted by atomic mass is 16.2. The summed E-state index contributed by atoms with van der Waals surface area (Å²) in [6, 6.07) is 28.5. The number of hydrogen-bond donors (Lipinski definition) is 1. The number of fused-ring (bicyclic) bond motifs is 3. The van der Waals surface area contributed by atoms with E-state index in [2.05, 4.69) is 71.5 Å². The molecule has 3 heterocycles. The molecule has 0 aliphatic carbocycles. The molecular weight excluding hydrogens is 470 g/mol. The van der Waals surface area contributed by atoms with Gasteiger partial charge in [0.15, 0.2) is 0 Å². The van der Waals surface area contributed by atoms with Crippen LogP contribution in [0.3, 0.4) is 0 Å². The summed E-state index contributed by atoms with van der Waals surface area (Å²) in [6.07, 6.45) is 2.07. The Morgan fingerprint density at radius 3 is 2.37 bits per heavy atom. The van der Waals surface area contributed by atoms with Crippen molar-refractivity contribution in [2.24, 2.45) is 0 Å². The van der Waals surface area contributed by atoms with Crippen LogP contribution in [0.2, 0.25) is 0 Å². The minimum atomic E-state index is -0.285. The normalized spacial score (nSPS) is 14.5. The number of para-hydroxylation sites is 1. The molecule has 190 valence electrons. The number of rotatable bonds is 3. The molecule has 5 aromatic rings. The van der Waals surface area contributed by atoms with Gasteiger partial charge in [0.2, 0.25) is 0 Å². The number of carbonyl (C=O) groups is 1. The second-order valence-corrected chi connectivity index (χ2v) is 10.1. The minimum Gasteiger partial charge on any atom is -0.308 e. The maximum Gasteiger partial charge on any atom is 0.322 e. The lowest BCUT2D eigenvalue weighted by molar-refractivity contribution is 0.194. The topological polar surface area (TPSA) is 55.1 Å². The fourth-order valence-corrected chi connectivity index (χ4v) is 5.31. The number of carbonyl (C=O) groups excluding carboxylic acids is 1. The number of aromatic nitrogens is 3. The number of nitrogens with zero attached hydrogens (tertiary/aromatic N) is 4. The van der Waals surface area contributed by atoms with Gasteiger partial charge in [-0.15, -0.1) is 0 Å². The van der Waals surface area contributed by atoms with E-state index < -0.39 is 0 Å². The van der Waals surface area contributed by atoms with Crippen LogP contribution in [0.4, 0.5) is 10.5 Å². The van der Waals surface area contributed by atoms with Crippen molar-refractivity contribution in [2.45, 2.75) is 40.3 Å². The molecule has 2 amide bonds. The van der Waals surface area contributed by atoms with Crippen molar-refractivity contribution < 1.29 is 4.79 Å². The Labute approximate surface area is 223 Å². The van der Waals surface area contributed by atoms with Crippen LogP contribution in [-0.2, 0) is 6.54 Å². The van der Waals surface area contributed by atoms with Crippen LogP contribution in [0, 0.1) is 27.7 Å². The average molecular weight is 502 g/mol. The first kappa shape index (κ1) is 23.8. The van der Waals surface area contributed by atoms with E-state index in [4.69, 9.17) is 5.10 Å². The van der Waals surface area contributed by atoms with Crippen LogP contribution in [0.5, 0.6) is 0 Å². The Morgan fingerprint density at radius 2 is 1.61 bits per heavy atom. The summed E-state index contributed by atoms with van der Waals surface area (Å²) in [5.41, 5.74) is 9.13. The molecule has 0 saturated heterocycles. The smallest absolute Gasteiger partial charge is 0.308 e. The van der Waals surface area contributed by atoms with Gasteiger partial charge >= 0.3 is 6.03 Å². The molecule has 1 unspecified atom stereocenters. The minimum absolute atomic E-state index is 0.142.